The van der Waals surface area contributed by atoms with Crippen LogP contribution in [0.2, 0.25) is 0 Å². The van der Waals surface area contributed by atoms with Gasteiger partial charge in [0, 0.05) is 24.5 Å². The molecule has 11 heteroatoms. The Labute approximate surface area is 199 Å². The number of benzene rings is 2. The van der Waals surface area contributed by atoms with Gasteiger partial charge in [-0.25, -0.2) is 13.2 Å². The van der Waals surface area contributed by atoms with Gasteiger partial charge in [0.1, 0.15) is 11.9 Å². The summed E-state index contributed by atoms with van der Waals surface area (Å²) in [7, 11) is -3.97. The number of aromatic nitrogens is 4. The van der Waals surface area contributed by atoms with Gasteiger partial charge in [-0.2, -0.15) is 4.68 Å². The Kier molecular flexibility index (Phi) is 8.21. The zero-order valence-electron chi connectivity index (χ0n) is 19.8. The SMILES string of the molecule is CCC(COC(=O)Nc1ccc(N(CC)CC)cc1C)S(=O)(=O)c1nnnn1-c1ccccc1. The number of ether oxygens (including phenoxy) is 1. The van der Waals surface area contributed by atoms with Crippen molar-refractivity contribution in [2.75, 3.05) is 29.9 Å². The summed E-state index contributed by atoms with van der Waals surface area (Å²) in [6, 6.07) is 14.5. The molecule has 1 unspecified atom stereocenters. The van der Waals surface area contributed by atoms with Gasteiger partial charge in [-0.1, -0.05) is 30.2 Å². The summed E-state index contributed by atoms with van der Waals surface area (Å²) in [6.45, 7) is 9.19. The van der Waals surface area contributed by atoms with Crippen LogP contribution >= 0.6 is 0 Å². The Morgan fingerprint density at radius 1 is 1.12 bits per heavy atom. The summed E-state index contributed by atoms with van der Waals surface area (Å²) >= 11 is 0. The number of nitrogens with zero attached hydrogens (tertiary/aromatic N) is 5. The molecule has 182 valence electrons. The predicted octanol–water partition coefficient (Wildman–Crippen LogP) is 3.62. The third kappa shape index (κ3) is 5.53. The number of aryl methyl sites for hydroxylation is 1. The van der Waals surface area contributed by atoms with Crippen LogP contribution in [0.4, 0.5) is 16.2 Å². The number of anilines is 2. The van der Waals surface area contributed by atoms with Crippen LogP contribution < -0.4 is 10.2 Å². The van der Waals surface area contributed by atoms with E-state index < -0.39 is 21.2 Å². The van der Waals surface area contributed by atoms with Crippen LogP contribution in [-0.4, -0.2) is 59.7 Å². The van der Waals surface area contributed by atoms with E-state index >= 15 is 0 Å². The number of hydrogen-bond acceptors (Lipinski definition) is 8. The van der Waals surface area contributed by atoms with Gasteiger partial charge in [-0.3, -0.25) is 5.32 Å². The van der Waals surface area contributed by atoms with Crippen LogP contribution in [0.15, 0.2) is 53.7 Å². The maximum absolute atomic E-state index is 13.2. The maximum Gasteiger partial charge on any atom is 0.411 e. The van der Waals surface area contributed by atoms with E-state index in [2.05, 4.69) is 39.6 Å². The summed E-state index contributed by atoms with van der Waals surface area (Å²) in [5.41, 5.74) is 3.06. The smallest absolute Gasteiger partial charge is 0.411 e. The van der Waals surface area contributed by atoms with Crippen LogP contribution in [0, 0.1) is 6.92 Å². The summed E-state index contributed by atoms with van der Waals surface area (Å²) in [5.74, 6) is 0. The van der Waals surface area contributed by atoms with Crippen molar-refractivity contribution in [3.05, 3.63) is 54.1 Å². The second-order valence-corrected chi connectivity index (χ2v) is 9.80. The fraction of sp³-hybridized carbons (Fsp3) is 0.391. The van der Waals surface area contributed by atoms with Crippen molar-refractivity contribution in [3.8, 4) is 5.69 Å². The first-order chi connectivity index (χ1) is 16.3. The van der Waals surface area contributed by atoms with Gasteiger partial charge in [-0.05, 0) is 73.5 Å². The Morgan fingerprint density at radius 2 is 1.82 bits per heavy atom. The van der Waals surface area contributed by atoms with Gasteiger partial charge < -0.3 is 9.64 Å². The molecule has 1 amide bonds. The van der Waals surface area contributed by atoms with Crippen molar-refractivity contribution >= 4 is 27.3 Å². The average molecular weight is 487 g/mol. The molecule has 0 saturated heterocycles. The number of carbonyl (C=O) groups is 1. The van der Waals surface area contributed by atoms with Gasteiger partial charge >= 0.3 is 6.09 Å². The van der Waals surface area contributed by atoms with Gasteiger partial charge in [0.25, 0.3) is 5.16 Å². The molecule has 1 heterocycles. The molecule has 3 aromatic rings. The minimum Gasteiger partial charge on any atom is -0.448 e. The van der Waals surface area contributed by atoms with Gasteiger partial charge in [0.15, 0.2) is 0 Å². The highest BCUT2D eigenvalue weighted by Crippen LogP contribution is 2.23. The lowest BCUT2D eigenvalue weighted by Crippen LogP contribution is -2.31. The number of amides is 1. The molecule has 0 fully saturated rings. The first kappa shape index (κ1) is 25.2. The summed E-state index contributed by atoms with van der Waals surface area (Å²) in [6.07, 6.45) is -0.510. The fourth-order valence-electron chi connectivity index (χ4n) is 3.55. The highest BCUT2D eigenvalue weighted by atomic mass is 32.2. The quantitative estimate of drug-likeness (QED) is 0.461. The van der Waals surface area contributed by atoms with Gasteiger partial charge in [0.05, 0.1) is 5.69 Å². The van der Waals surface area contributed by atoms with E-state index in [1.54, 1.807) is 31.2 Å². The van der Waals surface area contributed by atoms with Crippen molar-refractivity contribution in [1.29, 1.82) is 0 Å². The van der Waals surface area contributed by atoms with Gasteiger partial charge in [0.2, 0.25) is 9.84 Å². The lowest BCUT2D eigenvalue weighted by molar-refractivity contribution is 0.160. The van der Waals surface area contributed by atoms with Crippen molar-refractivity contribution in [1.82, 2.24) is 20.2 Å². The number of para-hydroxylation sites is 1. The summed E-state index contributed by atoms with van der Waals surface area (Å²) < 4.78 is 32.9. The molecule has 0 aliphatic carbocycles. The Bertz CT molecular complexity index is 1210. The minimum absolute atomic E-state index is 0.217. The fourth-order valence-corrected chi connectivity index (χ4v) is 5.07. The molecular weight excluding hydrogens is 456 g/mol. The molecule has 0 spiro atoms. The normalized spacial score (nSPS) is 12.2. The molecule has 0 saturated carbocycles. The first-order valence-electron chi connectivity index (χ1n) is 11.2. The topological polar surface area (TPSA) is 119 Å². The number of carbonyl (C=O) groups excluding carboxylic acids is 1. The van der Waals surface area contributed by atoms with E-state index in [-0.39, 0.29) is 18.2 Å². The van der Waals surface area contributed by atoms with E-state index in [9.17, 15) is 13.2 Å². The van der Waals surface area contributed by atoms with Crippen LogP contribution in [-0.2, 0) is 14.6 Å². The maximum atomic E-state index is 13.2. The summed E-state index contributed by atoms with van der Waals surface area (Å²) in [5, 5.41) is 12.5. The summed E-state index contributed by atoms with van der Waals surface area (Å²) in [4.78, 5) is 14.6. The van der Waals surface area contributed by atoms with Crippen molar-refractivity contribution in [3.63, 3.8) is 0 Å². The first-order valence-corrected chi connectivity index (χ1v) is 12.7. The molecule has 0 radical (unpaired) electrons. The molecule has 1 aromatic heterocycles. The predicted molar refractivity (Wildman–Crippen MR) is 130 cm³/mol. The third-order valence-corrected chi connectivity index (χ3v) is 7.68. The van der Waals surface area contributed by atoms with E-state index in [0.29, 0.717) is 11.4 Å². The Balaban J connectivity index is 1.69. The van der Waals surface area contributed by atoms with E-state index in [4.69, 9.17) is 4.74 Å². The van der Waals surface area contributed by atoms with Crippen molar-refractivity contribution in [2.24, 2.45) is 0 Å². The molecule has 34 heavy (non-hydrogen) atoms. The Morgan fingerprint density at radius 3 is 2.44 bits per heavy atom. The molecule has 0 bridgehead atoms. The monoisotopic (exact) mass is 486 g/mol. The largest absolute Gasteiger partial charge is 0.448 e. The Hall–Kier alpha value is -3.47. The minimum atomic E-state index is -3.97. The van der Waals surface area contributed by atoms with E-state index in [1.165, 1.54) is 4.68 Å². The average Bonchev–Trinajstić information content (AvgIpc) is 3.33. The van der Waals surface area contributed by atoms with E-state index in [1.807, 2.05) is 31.2 Å². The van der Waals surface area contributed by atoms with Crippen LogP contribution in [0.5, 0.6) is 0 Å². The molecule has 3 rings (SSSR count). The second-order valence-electron chi connectivity index (χ2n) is 7.68. The van der Waals surface area contributed by atoms with Crippen LogP contribution in [0.1, 0.15) is 32.8 Å². The number of nitrogens with one attached hydrogen (secondary N) is 1. The lowest BCUT2D eigenvalue weighted by atomic mass is 10.1. The van der Waals surface area contributed by atoms with Crippen LogP contribution in [0.25, 0.3) is 5.69 Å². The highest BCUT2D eigenvalue weighted by Gasteiger charge is 2.33. The molecule has 1 N–H and O–H groups in total. The number of hydrogen-bond donors (Lipinski definition) is 1. The second kappa shape index (κ2) is 11.1. The molecule has 1 atom stereocenters. The third-order valence-electron chi connectivity index (χ3n) is 5.57. The number of rotatable bonds is 10. The van der Waals surface area contributed by atoms with Crippen molar-refractivity contribution < 1.29 is 17.9 Å². The molecule has 10 nitrogen and oxygen atoms in total. The highest BCUT2D eigenvalue weighted by molar-refractivity contribution is 7.91. The zero-order valence-corrected chi connectivity index (χ0v) is 20.6. The standard InChI is InChI=1S/C23H30N6O4S/c1-5-20(34(31,32)22-25-26-27-29(22)18-11-9-8-10-12-18)16-33-23(30)24-21-14-13-19(15-17(21)4)28(6-2)7-3/h8-15,20H,5-7,16H2,1-4H3,(H,24,30). The molecule has 0 aliphatic heterocycles. The molecular formula is C23H30N6O4S. The lowest BCUT2D eigenvalue weighted by Gasteiger charge is -2.22. The van der Waals surface area contributed by atoms with Crippen LogP contribution in [0.3, 0.4) is 0 Å². The number of sulfone groups is 1. The van der Waals surface area contributed by atoms with Crippen molar-refractivity contribution in [2.45, 2.75) is 44.5 Å². The van der Waals surface area contributed by atoms with E-state index in [0.717, 1.165) is 24.3 Å². The molecule has 2 aromatic carbocycles. The molecule has 0 aliphatic rings. The number of tetrazole rings is 1. The zero-order chi connectivity index (χ0) is 24.7. The van der Waals surface area contributed by atoms with Gasteiger partial charge in [-0.15, -0.1) is 0 Å².